The summed E-state index contributed by atoms with van der Waals surface area (Å²) in [6, 6.07) is 16.8. The van der Waals surface area contributed by atoms with E-state index in [4.69, 9.17) is 0 Å². The second-order valence-corrected chi connectivity index (χ2v) is 7.01. The Bertz CT molecular complexity index is 899. The zero-order valence-corrected chi connectivity index (χ0v) is 14.8. The molecule has 0 unspecified atom stereocenters. The highest BCUT2D eigenvalue weighted by Gasteiger charge is 2.28. The summed E-state index contributed by atoms with van der Waals surface area (Å²) in [6.45, 7) is 4.69. The molecule has 1 aliphatic heterocycles. The molecule has 0 saturated heterocycles. The van der Waals surface area contributed by atoms with E-state index < -0.39 is 11.6 Å². The molecule has 26 heavy (non-hydrogen) atoms. The van der Waals surface area contributed by atoms with Crippen molar-refractivity contribution in [2.75, 3.05) is 6.54 Å². The third kappa shape index (κ3) is 3.29. The third-order valence-corrected chi connectivity index (χ3v) is 5.12. The standard InChI is InChI=1S/C22H22F2N2/c1-16-5-7-17(8-6-16)15-26-13-3-12-25-11-2-4-21(25)22(26)18-9-10-19(23)20(24)14-18/h2,4-11,14,22H,3,12-13,15H2,1H3/t22-/m0/s1. The van der Waals surface area contributed by atoms with Crippen molar-refractivity contribution in [3.8, 4) is 0 Å². The van der Waals surface area contributed by atoms with E-state index in [1.54, 1.807) is 6.07 Å². The van der Waals surface area contributed by atoms with E-state index in [0.29, 0.717) is 0 Å². The molecular formula is C22H22F2N2. The van der Waals surface area contributed by atoms with Gasteiger partial charge in [-0.25, -0.2) is 8.78 Å². The molecular weight excluding hydrogens is 330 g/mol. The summed E-state index contributed by atoms with van der Waals surface area (Å²) in [7, 11) is 0. The summed E-state index contributed by atoms with van der Waals surface area (Å²) in [6.07, 6.45) is 3.09. The average Bonchev–Trinajstić information content (AvgIpc) is 3.01. The number of aryl methyl sites for hydroxylation is 2. The molecule has 1 aliphatic rings. The van der Waals surface area contributed by atoms with Crippen molar-refractivity contribution < 1.29 is 8.78 Å². The molecule has 2 aromatic carbocycles. The minimum Gasteiger partial charge on any atom is -0.350 e. The van der Waals surface area contributed by atoms with Crippen LogP contribution in [0.5, 0.6) is 0 Å². The van der Waals surface area contributed by atoms with Crippen molar-refractivity contribution in [2.45, 2.75) is 32.5 Å². The van der Waals surface area contributed by atoms with Crippen LogP contribution in [0.2, 0.25) is 0 Å². The lowest BCUT2D eigenvalue weighted by atomic mass is 10.0. The monoisotopic (exact) mass is 352 g/mol. The van der Waals surface area contributed by atoms with Gasteiger partial charge in [-0.05, 0) is 48.7 Å². The first-order valence-corrected chi connectivity index (χ1v) is 9.01. The van der Waals surface area contributed by atoms with Crippen molar-refractivity contribution in [3.63, 3.8) is 0 Å². The number of halogens is 2. The molecule has 2 nitrogen and oxygen atoms in total. The molecule has 0 spiro atoms. The Kier molecular flexibility index (Phi) is 4.60. The van der Waals surface area contributed by atoms with Gasteiger partial charge in [-0.15, -0.1) is 0 Å². The minimum absolute atomic E-state index is 0.0936. The van der Waals surface area contributed by atoms with Crippen molar-refractivity contribution in [2.24, 2.45) is 0 Å². The zero-order valence-electron chi connectivity index (χ0n) is 14.8. The van der Waals surface area contributed by atoms with Gasteiger partial charge in [0, 0.05) is 31.5 Å². The van der Waals surface area contributed by atoms with Crippen LogP contribution < -0.4 is 0 Å². The first-order valence-electron chi connectivity index (χ1n) is 9.01. The highest BCUT2D eigenvalue weighted by atomic mass is 19.2. The Morgan fingerprint density at radius 2 is 1.77 bits per heavy atom. The fraction of sp³-hybridized carbons (Fsp3) is 0.273. The Balaban J connectivity index is 1.75. The lowest BCUT2D eigenvalue weighted by Gasteiger charge is -2.30. The molecule has 0 saturated carbocycles. The molecule has 4 heteroatoms. The van der Waals surface area contributed by atoms with Crippen LogP contribution in [0.1, 0.15) is 34.8 Å². The largest absolute Gasteiger partial charge is 0.350 e. The molecule has 0 fully saturated rings. The van der Waals surface area contributed by atoms with Crippen molar-refractivity contribution in [1.29, 1.82) is 0 Å². The molecule has 1 atom stereocenters. The minimum atomic E-state index is -0.803. The molecule has 3 aromatic rings. The lowest BCUT2D eigenvalue weighted by molar-refractivity contribution is 0.220. The first-order chi connectivity index (χ1) is 12.6. The normalized spacial score (nSPS) is 17.7. The van der Waals surface area contributed by atoms with Crippen LogP contribution in [0.4, 0.5) is 8.78 Å². The molecule has 2 heterocycles. The van der Waals surface area contributed by atoms with Gasteiger partial charge < -0.3 is 4.57 Å². The summed E-state index contributed by atoms with van der Waals surface area (Å²) < 4.78 is 29.6. The Morgan fingerprint density at radius 3 is 2.54 bits per heavy atom. The van der Waals surface area contributed by atoms with Crippen molar-refractivity contribution in [3.05, 3.63) is 94.8 Å². The van der Waals surface area contributed by atoms with E-state index in [1.165, 1.54) is 23.3 Å². The van der Waals surface area contributed by atoms with Gasteiger partial charge in [0.1, 0.15) is 0 Å². The summed E-state index contributed by atoms with van der Waals surface area (Å²) in [4.78, 5) is 2.36. The van der Waals surface area contributed by atoms with Crippen LogP contribution in [0.25, 0.3) is 0 Å². The fourth-order valence-electron chi connectivity index (χ4n) is 3.80. The SMILES string of the molecule is Cc1ccc(CN2CCCn3cccc3[C@@H]2c2ccc(F)c(F)c2)cc1. The number of benzene rings is 2. The van der Waals surface area contributed by atoms with Crippen LogP contribution >= 0.6 is 0 Å². The van der Waals surface area contributed by atoms with Gasteiger partial charge in [0.2, 0.25) is 0 Å². The summed E-state index contributed by atoms with van der Waals surface area (Å²) in [5, 5.41) is 0. The molecule has 0 aliphatic carbocycles. The predicted octanol–water partition coefficient (Wildman–Crippen LogP) is 5.07. The van der Waals surface area contributed by atoms with Gasteiger partial charge in [-0.2, -0.15) is 0 Å². The summed E-state index contributed by atoms with van der Waals surface area (Å²) >= 11 is 0. The molecule has 134 valence electrons. The number of fused-ring (bicyclic) bond motifs is 1. The predicted molar refractivity (Wildman–Crippen MR) is 98.8 cm³/mol. The quantitative estimate of drug-likeness (QED) is 0.639. The molecule has 1 aromatic heterocycles. The Hall–Kier alpha value is -2.46. The van der Waals surface area contributed by atoms with Crippen LogP contribution in [-0.2, 0) is 13.1 Å². The van der Waals surface area contributed by atoms with E-state index in [0.717, 1.165) is 37.3 Å². The topological polar surface area (TPSA) is 8.17 Å². The maximum Gasteiger partial charge on any atom is 0.159 e. The third-order valence-electron chi connectivity index (χ3n) is 5.12. The van der Waals surface area contributed by atoms with Crippen LogP contribution in [0.15, 0.2) is 60.8 Å². The van der Waals surface area contributed by atoms with Gasteiger partial charge >= 0.3 is 0 Å². The number of rotatable bonds is 3. The molecule has 0 amide bonds. The van der Waals surface area contributed by atoms with Crippen molar-refractivity contribution >= 4 is 0 Å². The Morgan fingerprint density at radius 1 is 0.962 bits per heavy atom. The van der Waals surface area contributed by atoms with Gasteiger partial charge in [0.05, 0.1) is 6.04 Å². The number of aromatic nitrogens is 1. The molecule has 0 bridgehead atoms. The average molecular weight is 352 g/mol. The Labute approximate surface area is 152 Å². The molecule has 0 N–H and O–H groups in total. The van der Waals surface area contributed by atoms with Gasteiger partial charge in [-0.1, -0.05) is 35.9 Å². The number of hydrogen-bond donors (Lipinski definition) is 0. The van der Waals surface area contributed by atoms with Gasteiger partial charge in [0.25, 0.3) is 0 Å². The van der Waals surface area contributed by atoms with E-state index in [1.807, 2.05) is 6.07 Å². The highest BCUT2D eigenvalue weighted by molar-refractivity contribution is 5.31. The highest BCUT2D eigenvalue weighted by Crippen LogP contribution is 2.33. The maximum atomic E-state index is 13.9. The smallest absolute Gasteiger partial charge is 0.159 e. The van der Waals surface area contributed by atoms with E-state index in [-0.39, 0.29) is 6.04 Å². The van der Waals surface area contributed by atoms with Crippen molar-refractivity contribution in [1.82, 2.24) is 9.47 Å². The first kappa shape index (κ1) is 17.0. The van der Waals surface area contributed by atoms with Gasteiger partial charge in [-0.3, -0.25) is 4.90 Å². The van der Waals surface area contributed by atoms with Gasteiger partial charge in [0.15, 0.2) is 11.6 Å². The second-order valence-electron chi connectivity index (χ2n) is 7.01. The van der Waals surface area contributed by atoms with Crippen LogP contribution in [0.3, 0.4) is 0 Å². The molecule has 4 rings (SSSR count). The summed E-state index contributed by atoms with van der Waals surface area (Å²) in [5.41, 5.74) is 4.37. The van der Waals surface area contributed by atoms with E-state index >= 15 is 0 Å². The number of hydrogen-bond acceptors (Lipinski definition) is 1. The second kappa shape index (κ2) is 7.04. The van der Waals surface area contributed by atoms with E-state index in [9.17, 15) is 8.78 Å². The summed E-state index contributed by atoms with van der Waals surface area (Å²) in [5.74, 6) is -1.59. The zero-order chi connectivity index (χ0) is 18.1. The molecule has 0 radical (unpaired) electrons. The maximum absolute atomic E-state index is 13.9. The lowest BCUT2D eigenvalue weighted by Crippen LogP contribution is -2.29. The van der Waals surface area contributed by atoms with Crippen LogP contribution in [-0.4, -0.2) is 16.0 Å². The number of nitrogens with zero attached hydrogens (tertiary/aromatic N) is 2. The van der Waals surface area contributed by atoms with Crippen LogP contribution in [0, 0.1) is 18.6 Å². The van der Waals surface area contributed by atoms with E-state index in [2.05, 4.69) is 52.9 Å². The fourth-order valence-corrected chi connectivity index (χ4v) is 3.80.